The summed E-state index contributed by atoms with van der Waals surface area (Å²) >= 11 is 0. The summed E-state index contributed by atoms with van der Waals surface area (Å²) in [7, 11) is 1.29. The first kappa shape index (κ1) is 16.7. The summed E-state index contributed by atoms with van der Waals surface area (Å²) in [4.78, 5) is 37.4. The lowest BCUT2D eigenvalue weighted by molar-refractivity contribution is -0.139. The van der Waals surface area contributed by atoms with Crippen LogP contribution in [0.3, 0.4) is 0 Å². The van der Waals surface area contributed by atoms with E-state index in [2.05, 4.69) is 6.58 Å². The number of alkyl halides is 3. The third kappa shape index (κ3) is 3.25. The molecule has 1 aromatic rings. The van der Waals surface area contributed by atoms with Crippen LogP contribution in [0.15, 0.2) is 30.9 Å². The van der Waals surface area contributed by atoms with E-state index >= 15 is 0 Å². The van der Waals surface area contributed by atoms with Gasteiger partial charge < -0.3 is 4.90 Å². The minimum atomic E-state index is -4.55. The van der Waals surface area contributed by atoms with Crippen molar-refractivity contribution in [3.05, 3.63) is 47.5 Å². The number of rotatable bonds is 4. The third-order valence-electron chi connectivity index (χ3n) is 3.34. The summed E-state index contributed by atoms with van der Waals surface area (Å²) in [5.41, 5.74) is 0.0420. The Morgan fingerprint density at radius 2 is 1.87 bits per heavy atom. The number of nitrogens with zero attached hydrogens (tertiary/aromatic N) is 2. The number of amides is 3. The quantitative estimate of drug-likeness (QED) is 0.629. The minimum absolute atomic E-state index is 0.00825. The second-order valence-electron chi connectivity index (χ2n) is 5.02. The summed E-state index contributed by atoms with van der Waals surface area (Å²) in [5, 5.41) is 0. The van der Waals surface area contributed by atoms with Gasteiger partial charge in [-0.05, 0) is 18.2 Å². The number of hydrogen-bond acceptors (Lipinski definition) is 3. The number of halogens is 3. The van der Waals surface area contributed by atoms with E-state index in [1.807, 2.05) is 0 Å². The molecule has 2 rings (SSSR count). The van der Waals surface area contributed by atoms with Crippen LogP contribution >= 0.6 is 0 Å². The second-order valence-corrected chi connectivity index (χ2v) is 5.02. The van der Waals surface area contributed by atoms with E-state index in [1.54, 1.807) is 0 Å². The molecule has 0 bridgehead atoms. The topological polar surface area (TPSA) is 57.7 Å². The predicted octanol–water partition coefficient (Wildman–Crippen LogP) is 2.10. The first-order valence-corrected chi connectivity index (χ1v) is 6.59. The lowest BCUT2D eigenvalue weighted by Gasteiger charge is -2.22. The number of carbonyl (C=O) groups is 3. The van der Waals surface area contributed by atoms with Gasteiger partial charge in [0.05, 0.1) is 11.1 Å². The van der Waals surface area contributed by atoms with Crippen LogP contribution in [-0.4, -0.2) is 53.8 Å². The molecule has 8 heteroatoms. The molecule has 122 valence electrons. The molecule has 0 spiro atoms. The third-order valence-corrected chi connectivity index (χ3v) is 3.34. The van der Waals surface area contributed by atoms with Crippen LogP contribution in [-0.2, 0) is 0 Å². The SMILES string of the molecule is C=CCN(CC(F)(F)F)C(=O)c1ccc2c(c1)C(=O)N(C)C2=O. The maximum atomic E-state index is 12.6. The van der Waals surface area contributed by atoms with E-state index in [-0.39, 0.29) is 23.2 Å². The van der Waals surface area contributed by atoms with Gasteiger partial charge in [-0.1, -0.05) is 6.08 Å². The van der Waals surface area contributed by atoms with Gasteiger partial charge >= 0.3 is 6.18 Å². The molecule has 0 aromatic heterocycles. The second kappa shape index (κ2) is 5.86. The molecule has 1 aromatic carbocycles. The molecule has 0 N–H and O–H groups in total. The number of hydrogen-bond donors (Lipinski definition) is 0. The normalized spacial score (nSPS) is 14.0. The molecule has 5 nitrogen and oxygen atoms in total. The van der Waals surface area contributed by atoms with Crippen LogP contribution in [0, 0.1) is 0 Å². The molecule has 0 atom stereocenters. The number of fused-ring (bicyclic) bond motifs is 1. The van der Waals surface area contributed by atoms with Crippen molar-refractivity contribution in [2.45, 2.75) is 6.18 Å². The Morgan fingerprint density at radius 1 is 1.26 bits per heavy atom. The zero-order valence-corrected chi connectivity index (χ0v) is 12.2. The van der Waals surface area contributed by atoms with Crippen LogP contribution in [0.5, 0.6) is 0 Å². The van der Waals surface area contributed by atoms with Gasteiger partial charge in [0.2, 0.25) is 0 Å². The number of carbonyl (C=O) groups excluding carboxylic acids is 3. The number of benzene rings is 1. The maximum absolute atomic E-state index is 12.6. The summed E-state index contributed by atoms with van der Waals surface area (Å²) in [6, 6.07) is 3.65. The molecular formula is C15H13F3N2O3. The van der Waals surface area contributed by atoms with Gasteiger partial charge in [0.15, 0.2) is 0 Å². The average Bonchev–Trinajstić information content (AvgIpc) is 2.69. The van der Waals surface area contributed by atoms with Crippen LogP contribution < -0.4 is 0 Å². The van der Waals surface area contributed by atoms with Crippen LogP contribution in [0.25, 0.3) is 0 Å². The monoisotopic (exact) mass is 326 g/mol. The largest absolute Gasteiger partial charge is 0.406 e. The molecule has 0 radical (unpaired) electrons. The fourth-order valence-electron chi connectivity index (χ4n) is 2.27. The molecular weight excluding hydrogens is 313 g/mol. The molecule has 0 saturated carbocycles. The summed E-state index contributed by atoms with van der Waals surface area (Å²) < 4.78 is 37.7. The molecule has 1 aliphatic rings. The van der Waals surface area contributed by atoms with Crippen LogP contribution in [0.4, 0.5) is 13.2 Å². The van der Waals surface area contributed by atoms with Crippen molar-refractivity contribution in [3.63, 3.8) is 0 Å². The molecule has 23 heavy (non-hydrogen) atoms. The first-order chi connectivity index (χ1) is 10.7. The maximum Gasteiger partial charge on any atom is 0.406 e. The average molecular weight is 326 g/mol. The molecule has 3 amide bonds. The summed E-state index contributed by atoms with van der Waals surface area (Å²) in [6.07, 6.45) is -3.37. The van der Waals surface area contributed by atoms with E-state index < -0.39 is 30.4 Å². The van der Waals surface area contributed by atoms with Gasteiger partial charge in [-0.25, -0.2) is 0 Å². The predicted molar refractivity (Wildman–Crippen MR) is 75.0 cm³/mol. The van der Waals surface area contributed by atoms with Crippen molar-refractivity contribution < 1.29 is 27.6 Å². The Balaban J connectivity index is 2.35. The van der Waals surface area contributed by atoms with E-state index in [0.717, 1.165) is 11.0 Å². The molecule has 0 saturated heterocycles. The Bertz CT molecular complexity index is 698. The van der Waals surface area contributed by atoms with Gasteiger partial charge in [-0.2, -0.15) is 13.2 Å². The van der Waals surface area contributed by atoms with Gasteiger partial charge in [0, 0.05) is 19.2 Å². The smallest absolute Gasteiger partial charge is 0.326 e. The molecule has 0 fully saturated rings. The Hall–Kier alpha value is -2.64. The van der Waals surface area contributed by atoms with Crippen molar-refractivity contribution >= 4 is 17.7 Å². The highest BCUT2D eigenvalue weighted by molar-refractivity contribution is 6.21. The molecule has 1 aliphatic heterocycles. The highest BCUT2D eigenvalue weighted by Crippen LogP contribution is 2.24. The highest BCUT2D eigenvalue weighted by Gasteiger charge is 2.35. The van der Waals surface area contributed by atoms with E-state index in [0.29, 0.717) is 4.90 Å². The van der Waals surface area contributed by atoms with E-state index in [1.165, 1.54) is 25.3 Å². The van der Waals surface area contributed by atoms with Crippen molar-refractivity contribution in [2.24, 2.45) is 0 Å². The summed E-state index contributed by atoms with van der Waals surface area (Å²) in [5.74, 6) is -1.99. The highest BCUT2D eigenvalue weighted by atomic mass is 19.4. The zero-order valence-electron chi connectivity index (χ0n) is 12.2. The Kier molecular flexibility index (Phi) is 4.26. The Morgan fingerprint density at radius 3 is 2.43 bits per heavy atom. The molecule has 1 heterocycles. The van der Waals surface area contributed by atoms with Crippen molar-refractivity contribution in [3.8, 4) is 0 Å². The molecule has 0 unspecified atom stereocenters. The van der Waals surface area contributed by atoms with Crippen LogP contribution in [0.2, 0.25) is 0 Å². The fraction of sp³-hybridized carbons (Fsp3) is 0.267. The van der Waals surface area contributed by atoms with Crippen molar-refractivity contribution in [2.75, 3.05) is 20.1 Å². The fourth-order valence-corrected chi connectivity index (χ4v) is 2.27. The van der Waals surface area contributed by atoms with Gasteiger partial charge in [0.1, 0.15) is 6.54 Å². The van der Waals surface area contributed by atoms with Gasteiger partial charge in [-0.15, -0.1) is 6.58 Å². The minimum Gasteiger partial charge on any atom is -0.326 e. The van der Waals surface area contributed by atoms with E-state index in [9.17, 15) is 27.6 Å². The lowest BCUT2D eigenvalue weighted by atomic mass is 10.0. The first-order valence-electron chi connectivity index (χ1n) is 6.59. The zero-order chi connectivity index (χ0) is 17.4. The van der Waals surface area contributed by atoms with Crippen molar-refractivity contribution in [1.29, 1.82) is 0 Å². The number of imide groups is 1. The van der Waals surface area contributed by atoms with Gasteiger partial charge in [-0.3, -0.25) is 19.3 Å². The van der Waals surface area contributed by atoms with Crippen molar-refractivity contribution in [1.82, 2.24) is 9.80 Å². The van der Waals surface area contributed by atoms with Gasteiger partial charge in [0.25, 0.3) is 17.7 Å². The summed E-state index contributed by atoms with van der Waals surface area (Å²) in [6.45, 7) is 1.61. The standard InChI is InChI=1S/C15H13F3N2O3/c1-3-6-20(8-15(16,17)18)12(21)9-4-5-10-11(7-9)14(23)19(2)13(10)22/h3-5,7H,1,6,8H2,2H3. The van der Waals surface area contributed by atoms with E-state index in [4.69, 9.17) is 0 Å². The lowest BCUT2D eigenvalue weighted by Crippen LogP contribution is -2.39. The molecule has 0 aliphatic carbocycles. The van der Waals surface area contributed by atoms with Crippen LogP contribution in [0.1, 0.15) is 31.1 Å². The Labute approximate surface area is 130 Å².